The van der Waals surface area contributed by atoms with E-state index < -0.39 is 0 Å². The summed E-state index contributed by atoms with van der Waals surface area (Å²) in [5.74, 6) is 0.0947. The van der Waals surface area contributed by atoms with Crippen LogP contribution in [0.5, 0.6) is 0 Å². The molecule has 3 heterocycles. The zero-order valence-corrected chi connectivity index (χ0v) is 20.4. The predicted octanol–water partition coefficient (Wildman–Crippen LogP) is 0.862. The molecule has 4 rings (SSSR count). The first-order chi connectivity index (χ1) is 16.4. The summed E-state index contributed by atoms with van der Waals surface area (Å²) >= 11 is 0. The number of aromatic nitrogens is 2. The van der Waals surface area contributed by atoms with Crippen LogP contribution in [-0.4, -0.2) is 97.6 Å². The van der Waals surface area contributed by atoms with E-state index in [-0.39, 0.29) is 24.2 Å². The largest absolute Gasteiger partial charge is 0.378 e. The zero-order chi connectivity index (χ0) is 24.2. The van der Waals surface area contributed by atoms with Gasteiger partial charge in [-0.15, -0.1) is 0 Å². The number of ether oxygens (including phenoxy) is 2. The van der Waals surface area contributed by atoms with Gasteiger partial charge < -0.3 is 20.1 Å². The molecule has 184 valence electrons. The maximum Gasteiger partial charge on any atom is 0.222 e. The lowest BCUT2D eigenvalue weighted by Gasteiger charge is -2.38. The van der Waals surface area contributed by atoms with Gasteiger partial charge in [-0.1, -0.05) is 30.3 Å². The van der Waals surface area contributed by atoms with Gasteiger partial charge >= 0.3 is 0 Å². The van der Waals surface area contributed by atoms with Crippen molar-refractivity contribution >= 4 is 18.0 Å². The van der Waals surface area contributed by atoms with Crippen molar-refractivity contribution in [3.8, 4) is 11.3 Å². The Balaban J connectivity index is 1.86. The maximum atomic E-state index is 12.2. The molecule has 1 aromatic heterocycles. The molecule has 2 aliphatic rings. The number of rotatable bonds is 6. The average Bonchev–Trinajstić information content (AvgIpc) is 2.80. The van der Waals surface area contributed by atoms with Crippen molar-refractivity contribution in [2.75, 3.05) is 64.1 Å². The number of hydrogen-bond donors (Lipinski definition) is 1. The van der Waals surface area contributed by atoms with Gasteiger partial charge in [0.2, 0.25) is 12.4 Å². The van der Waals surface area contributed by atoms with Crippen LogP contribution >= 0.6 is 0 Å². The third kappa shape index (κ3) is 5.24. The number of nitrogens with zero attached hydrogens (tertiary/aromatic N) is 6. The Morgan fingerprint density at radius 3 is 2.59 bits per heavy atom. The Bertz CT molecular complexity index is 1050. The number of likely N-dealkylation sites (N-methyl/N-ethyl adjacent to an activating group) is 2. The number of nitrogen functional groups attached to an aromatic ring is 1. The second-order valence-corrected chi connectivity index (χ2v) is 9.14. The van der Waals surface area contributed by atoms with Gasteiger partial charge in [0.15, 0.2) is 5.49 Å². The van der Waals surface area contributed by atoms with Crippen molar-refractivity contribution in [2.45, 2.75) is 32.1 Å². The van der Waals surface area contributed by atoms with Crippen molar-refractivity contribution in [3.63, 3.8) is 0 Å². The molecular weight excluding hydrogens is 434 g/mol. The second-order valence-electron chi connectivity index (χ2n) is 9.14. The molecule has 0 bridgehead atoms. The molecule has 1 aromatic carbocycles. The Morgan fingerprint density at radius 2 is 1.94 bits per heavy atom. The van der Waals surface area contributed by atoms with Gasteiger partial charge in [0.1, 0.15) is 11.4 Å². The van der Waals surface area contributed by atoms with E-state index in [9.17, 15) is 4.79 Å². The van der Waals surface area contributed by atoms with Crippen LogP contribution in [0.15, 0.2) is 35.4 Å². The SMILES string of the molecule is CC1CN(c2c(-c3ccccc3)nc(N)n(C=O)/c2=N\N(C)CC2COCCN2C)CC(C)O1. The van der Waals surface area contributed by atoms with E-state index in [0.717, 1.165) is 24.4 Å². The predicted molar refractivity (Wildman–Crippen MR) is 132 cm³/mol. The van der Waals surface area contributed by atoms with Crippen LogP contribution in [-0.2, 0) is 14.3 Å². The lowest BCUT2D eigenvalue weighted by molar-refractivity contribution is -0.00596. The van der Waals surface area contributed by atoms with Crippen molar-refractivity contribution in [1.82, 2.24) is 19.5 Å². The molecule has 0 amide bonds. The first-order valence-electron chi connectivity index (χ1n) is 11.7. The van der Waals surface area contributed by atoms with Crippen molar-refractivity contribution in [3.05, 3.63) is 35.8 Å². The molecule has 2 fully saturated rings. The normalized spacial score (nSPS) is 24.3. The quantitative estimate of drug-likeness (QED) is 0.491. The van der Waals surface area contributed by atoms with Gasteiger partial charge in [-0.05, 0) is 20.9 Å². The zero-order valence-electron chi connectivity index (χ0n) is 20.4. The summed E-state index contributed by atoms with van der Waals surface area (Å²) in [4.78, 5) is 21.3. The van der Waals surface area contributed by atoms with Gasteiger partial charge in [-0.2, -0.15) is 5.10 Å². The molecule has 2 N–H and O–H groups in total. The van der Waals surface area contributed by atoms with Crippen LogP contribution in [0.3, 0.4) is 0 Å². The standard InChI is InChI=1S/C24H35N7O3/c1-17-12-30(13-18(2)34-17)22-21(19-8-6-5-7-9-19)26-24(25)31(16-32)23(22)27-29(4)14-20-15-33-11-10-28(20)3/h5-9,16-18,20H,10-15H2,1-4H3,(H2,25,26)/b27-23-. The van der Waals surface area contributed by atoms with E-state index in [1.54, 1.807) is 0 Å². The fourth-order valence-corrected chi connectivity index (χ4v) is 4.64. The van der Waals surface area contributed by atoms with E-state index in [2.05, 4.69) is 21.8 Å². The third-order valence-electron chi connectivity index (χ3n) is 6.29. The van der Waals surface area contributed by atoms with Crippen LogP contribution in [0.1, 0.15) is 13.8 Å². The lowest BCUT2D eigenvalue weighted by Crippen LogP contribution is -2.50. The molecule has 34 heavy (non-hydrogen) atoms. The minimum atomic E-state index is 0.0215. The summed E-state index contributed by atoms with van der Waals surface area (Å²) in [5.41, 5.74) is 9.12. The summed E-state index contributed by atoms with van der Waals surface area (Å²) < 4.78 is 13.0. The molecular formula is C24H35N7O3. The van der Waals surface area contributed by atoms with Crippen LogP contribution in [0.2, 0.25) is 0 Å². The van der Waals surface area contributed by atoms with Crippen LogP contribution in [0.4, 0.5) is 11.6 Å². The van der Waals surface area contributed by atoms with Gasteiger partial charge in [-0.3, -0.25) is 14.7 Å². The molecule has 0 spiro atoms. The number of hydrogen-bond acceptors (Lipinski definition) is 9. The second kappa shape index (κ2) is 10.5. The van der Waals surface area contributed by atoms with Gasteiger partial charge in [0.25, 0.3) is 0 Å². The Morgan fingerprint density at radius 1 is 1.24 bits per heavy atom. The molecule has 0 radical (unpaired) electrons. The first kappa shape index (κ1) is 24.2. The highest BCUT2D eigenvalue weighted by molar-refractivity contribution is 5.77. The highest BCUT2D eigenvalue weighted by atomic mass is 16.5. The highest BCUT2D eigenvalue weighted by Gasteiger charge is 2.28. The summed E-state index contributed by atoms with van der Waals surface area (Å²) in [6.45, 7) is 8.30. The van der Waals surface area contributed by atoms with Gasteiger partial charge in [0, 0.05) is 32.2 Å². The Hall–Kier alpha value is -2.95. The number of anilines is 2. The minimum absolute atomic E-state index is 0.0215. The first-order valence-corrected chi connectivity index (χ1v) is 11.7. The number of benzene rings is 1. The summed E-state index contributed by atoms with van der Waals surface area (Å²) in [6.07, 6.45) is 0.720. The fraction of sp³-hybridized carbons (Fsp3) is 0.542. The fourth-order valence-electron chi connectivity index (χ4n) is 4.64. The molecule has 2 aromatic rings. The van der Waals surface area contributed by atoms with E-state index in [4.69, 9.17) is 20.3 Å². The summed E-state index contributed by atoms with van der Waals surface area (Å²) in [5, 5.41) is 6.77. The molecule has 0 aliphatic carbocycles. The van der Waals surface area contributed by atoms with Crippen molar-refractivity contribution in [2.24, 2.45) is 5.10 Å². The summed E-state index contributed by atoms with van der Waals surface area (Å²) in [7, 11) is 4.00. The van der Waals surface area contributed by atoms with E-state index in [1.165, 1.54) is 4.57 Å². The van der Waals surface area contributed by atoms with Crippen LogP contribution in [0.25, 0.3) is 11.3 Å². The average molecular weight is 470 g/mol. The Labute approximate surface area is 200 Å². The Kier molecular flexibility index (Phi) is 7.50. The molecule has 10 nitrogen and oxygen atoms in total. The molecule has 2 aliphatic heterocycles. The lowest BCUT2D eigenvalue weighted by atomic mass is 10.1. The van der Waals surface area contributed by atoms with Crippen LogP contribution in [0, 0.1) is 0 Å². The minimum Gasteiger partial charge on any atom is -0.378 e. The van der Waals surface area contributed by atoms with Crippen LogP contribution < -0.4 is 16.1 Å². The molecule has 3 atom stereocenters. The van der Waals surface area contributed by atoms with Gasteiger partial charge in [-0.25, -0.2) is 9.55 Å². The number of nitrogens with two attached hydrogens (primary N) is 1. The number of carbonyl (C=O) groups is 1. The maximum absolute atomic E-state index is 12.2. The number of carbonyl (C=O) groups excluding carboxylic acids is 1. The molecule has 2 saturated heterocycles. The molecule has 3 unspecified atom stereocenters. The number of morpholine rings is 2. The van der Waals surface area contributed by atoms with E-state index in [1.807, 2.05) is 56.2 Å². The van der Waals surface area contributed by atoms with Crippen molar-refractivity contribution in [1.29, 1.82) is 0 Å². The van der Waals surface area contributed by atoms with E-state index >= 15 is 0 Å². The van der Waals surface area contributed by atoms with Gasteiger partial charge in [0.05, 0.1) is 38.0 Å². The molecule has 10 heteroatoms. The van der Waals surface area contributed by atoms with Crippen molar-refractivity contribution < 1.29 is 14.3 Å². The summed E-state index contributed by atoms with van der Waals surface area (Å²) in [6, 6.07) is 10.1. The smallest absolute Gasteiger partial charge is 0.222 e. The van der Waals surface area contributed by atoms with E-state index in [0.29, 0.717) is 43.8 Å². The third-order valence-corrected chi connectivity index (χ3v) is 6.29. The monoisotopic (exact) mass is 469 g/mol. The highest BCUT2D eigenvalue weighted by Crippen LogP contribution is 2.29. The molecule has 0 saturated carbocycles. The topological polar surface area (TPSA) is 101 Å².